The monoisotopic (exact) mass is 336 g/mol. The molecular formula is C14H12N2O2S3. The molecule has 0 saturated carbocycles. The summed E-state index contributed by atoms with van der Waals surface area (Å²) in [6, 6.07) is 10.7. The van der Waals surface area contributed by atoms with Gasteiger partial charge in [-0.3, -0.25) is 0 Å². The smallest absolute Gasteiger partial charge is 0.200 e. The highest BCUT2D eigenvalue weighted by atomic mass is 32.2. The van der Waals surface area contributed by atoms with E-state index in [1.165, 1.54) is 15.6 Å². The molecule has 0 fully saturated rings. The Morgan fingerprint density at radius 1 is 1.14 bits per heavy atom. The van der Waals surface area contributed by atoms with Crippen molar-refractivity contribution in [1.82, 2.24) is 4.83 Å². The summed E-state index contributed by atoms with van der Waals surface area (Å²) < 4.78 is 26.4. The van der Waals surface area contributed by atoms with E-state index in [4.69, 9.17) is 0 Å². The standard InChI is InChI=1S/C14H12N2O2S3/c1-10-2-4-12(5-3-10)21(17,18)16-15-9-11-8-14-13(20-11)6-7-19-14/h2-9,16H,1H3/b15-9-. The molecule has 0 aliphatic heterocycles. The lowest BCUT2D eigenvalue weighted by atomic mass is 10.2. The van der Waals surface area contributed by atoms with Crippen molar-refractivity contribution in [2.75, 3.05) is 0 Å². The Balaban J connectivity index is 1.75. The highest BCUT2D eigenvalue weighted by Crippen LogP contribution is 2.28. The van der Waals surface area contributed by atoms with E-state index in [-0.39, 0.29) is 4.90 Å². The molecule has 0 bridgehead atoms. The van der Waals surface area contributed by atoms with Crippen molar-refractivity contribution in [2.45, 2.75) is 11.8 Å². The minimum atomic E-state index is -3.60. The lowest BCUT2D eigenvalue weighted by Crippen LogP contribution is -2.18. The van der Waals surface area contributed by atoms with Crippen LogP contribution in [-0.2, 0) is 10.0 Å². The van der Waals surface area contributed by atoms with E-state index in [1.54, 1.807) is 46.9 Å². The number of aryl methyl sites for hydroxylation is 1. The van der Waals surface area contributed by atoms with Crippen LogP contribution in [0.25, 0.3) is 9.40 Å². The highest BCUT2D eigenvalue weighted by molar-refractivity contribution is 7.89. The van der Waals surface area contributed by atoms with E-state index >= 15 is 0 Å². The van der Waals surface area contributed by atoms with E-state index in [2.05, 4.69) is 9.93 Å². The van der Waals surface area contributed by atoms with E-state index in [9.17, 15) is 8.42 Å². The second-order valence-electron chi connectivity index (χ2n) is 4.46. The Kier molecular flexibility index (Phi) is 3.79. The average molecular weight is 336 g/mol. The third-order valence-electron chi connectivity index (χ3n) is 2.85. The first-order valence-electron chi connectivity index (χ1n) is 6.13. The van der Waals surface area contributed by atoms with Gasteiger partial charge < -0.3 is 0 Å². The summed E-state index contributed by atoms with van der Waals surface area (Å²) >= 11 is 3.23. The first-order chi connectivity index (χ1) is 10.0. The fourth-order valence-corrected chi connectivity index (χ4v) is 4.56. The Hall–Kier alpha value is -1.70. The lowest BCUT2D eigenvalue weighted by molar-refractivity contribution is 0.584. The van der Waals surface area contributed by atoms with Crippen molar-refractivity contribution >= 4 is 48.3 Å². The van der Waals surface area contributed by atoms with Crippen LogP contribution in [0.15, 0.2) is 51.8 Å². The summed E-state index contributed by atoms with van der Waals surface area (Å²) in [4.78, 5) is 3.36. The van der Waals surface area contributed by atoms with Crippen LogP contribution in [-0.4, -0.2) is 14.6 Å². The number of rotatable bonds is 4. The van der Waals surface area contributed by atoms with Gasteiger partial charge in [0.2, 0.25) is 0 Å². The zero-order chi connectivity index (χ0) is 14.9. The van der Waals surface area contributed by atoms with E-state index in [1.807, 2.05) is 24.4 Å². The van der Waals surface area contributed by atoms with Gasteiger partial charge >= 0.3 is 0 Å². The Morgan fingerprint density at radius 3 is 2.62 bits per heavy atom. The molecular weight excluding hydrogens is 324 g/mol. The van der Waals surface area contributed by atoms with Gasteiger partial charge in [0.15, 0.2) is 0 Å². The van der Waals surface area contributed by atoms with Gasteiger partial charge in [0.1, 0.15) is 0 Å². The Bertz CT molecular complexity index is 861. The van der Waals surface area contributed by atoms with Crippen LogP contribution in [0.4, 0.5) is 0 Å². The third-order valence-corrected chi connectivity index (χ3v) is 6.12. The molecule has 21 heavy (non-hydrogen) atoms. The van der Waals surface area contributed by atoms with Crippen molar-refractivity contribution < 1.29 is 8.42 Å². The van der Waals surface area contributed by atoms with E-state index in [0.29, 0.717) is 0 Å². The molecule has 0 spiro atoms. The number of benzene rings is 1. The molecule has 0 radical (unpaired) electrons. The van der Waals surface area contributed by atoms with Crippen LogP contribution in [0.5, 0.6) is 0 Å². The van der Waals surface area contributed by atoms with Gasteiger partial charge in [0.25, 0.3) is 10.0 Å². The molecule has 2 heterocycles. The molecule has 4 nitrogen and oxygen atoms in total. The number of fused-ring (bicyclic) bond motifs is 1. The van der Waals surface area contributed by atoms with Crippen LogP contribution in [0, 0.1) is 6.92 Å². The second-order valence-corrected chi connectivity index (χ2v) is 8.19. The summed E-state index contributed by atoms with van der Waals surface area (Å²) in [5.41, 5.74) is 1.01. The predicted octanol–water partition coefficient (Wildman–Crippen LogP) is 3.58. The molecule has 0 aliphatic carbocycles. The topological polar surface area (TPSA) is 58.5 Å². The fraction of sp³-hybridized carbons (Fsp3) is 0.0714. The van der Waals surface area contributed by atoms with Crippen molar-refractivity contribution in [3.05, 3.63) is 52.2 Å². The zero-order valence-electron chi connectivity index (χ0n) is 11.1. The largest absolute Gasteiger partial charge is 0.276 e. The summed E-state index contributed by atoms with van der Waals surface area (Å²) in [6.07, 6.45) is 1.53. The quantitative estimate of drug-likeness (QED) is 0.585. The van der Waals surface area contributed by atoms with Gasteiger partial charge in [0.05, 0.1) is 11.1 Å². The number of sulfonamides is 1. The molecule has 0 unspecified atom stereocenters. The minimum Gasteiger partial charge on any atom is -0.200 e. The van der Waals surface area contributed by atoms with Crippen molar-refractivity contribution in [3.8, 4) is 0 Å². The van der Waals surface area contributed by atoms with Gasteiger partial charge in [0, 0.05) is 14.3 Å². The Labute approximate surface area is 130 Å². The first kappa shape index (κ1) is 14.2. The second kappa shape index (κ2) is 5.59. The van der Waals surface area contributed by atoms with E-state index < -0.39 is 10.0 Å². The summed E-state index contributed by atoms with van der Waals surface area (Å²) in [5, 5.41) is 5.87. The van der Waals surface area contributed by atoms with Gasteiger partial charge in [-0.25, -0.2) is 4.83 Å². The number of hydrazone groups is 1. The SMILES string of the molecule is Cc1ccc(S(=O)(=O)N/N=C\c2cc3sccc3s2)cc1. The van der Waals surface area contributed by atoms with Crippen LogP contribution in [0.3, 0.4) is 0 Å². The predicted molar refractivity (Wildman–Crippen MR) is 88.8 cm³/mol. The summed E-state index contributed by atoms with van der Waals surface area (Å²) in [7, 11) is -3.60. The van der Waals surface area contributed by atoms with Gasteiger partial charge in [-0.1, -0.05) is 17.7 Å². The van der Waals surface area contributed by atoms with Gasteiger partial charge in [-0.15, -0.1) is 22.7 Å². The molecule has 0 aliphatic rings. The molecule has 0 amide bonds. The van der Waals surface area contributed by atoms with Gasteiger partial charge in [-0.05, 0) is 36.6 Å². The molecule has 7 heteroatoms. The minimum absolute atomic E-state index is 0.206. The molecule has 108 valence electrons. The molecule has 0 atom stereocenters. The van der Waals surface area contributed by atoms with Gasteiger partial charge in [-0.2, -0.15) is 13.5 Å². The van der Waals surface area contributed by atoms with Crippen molar-refractivity contribution in [2.24, 2.45) is 5.10 Å². The summed E-state index contributed by atoms with van der Waals surface area (Å²) in [6.45, 7) is 1.91. The molecule has 0 saturated heterocycles. The maximum absolute atomic E-state index is 12.0. The molecule has 1 aromatic carbocycles. The zero-order valence-corrected chi connectivity index (χ0v) is 13.6. The van der Waals surface area contributed by atoms with Crippen LogP contribution < -0.4 is 4.83 Å². The van der Waals surface area contributed by atoms with E-state index in [0.717, 1.165) is 10.4 Å². The molecule has 1 N–H and O–H groups in total. The van der Waals surface area contributed by atoms with Crippen LogP contribution >= 0.6 is 22.7 Å². The third kappa shape index (κ3) is 3.15. The van der Waals surface area contributed by atoms with Crippen molar-refractivity contribution in [3.63, 3.8) is 0 Å². The number of thiophene rings is 2. The fourth-order valence-electron chi connectivity index (χ4n) is 1.78. The molecule has 2 aromatic heterocycles. The van der Waals surface area contributed by atoms with Crippen molar-refractivity contribution in [1.29, 1.82) is 0 Å². The first-order valence-corrected chi connectivity index (χ1v) is 9.31. The lowest BCUT2D eigenvalue weighted by Gasteiger charge is -2.02. The maximum Gasteiger partial charge on any atom is 0.276 e. The highest BCUT2D eigenvalue weighted by Gasteiger charge is 2.11. The molecule has 3 rings (SSSR count). The Morgan fingerprint density at radius 2 is 1.90 bits per heavy atom. The van der Waals surface area contributed by atoms with Crippen LogP contribution in [0.1, 0.15) is 10.4 Å². The molecule has 3 aromatic rings. The number of nitrogens with one attached hydrogen (secondary N) is 1. The number of hydrogen-bond donors (Lipinski definition) is 1. The maximum atomic E-state index is 12.0. The number of nitrogens with zero attached hydrogens (tertiary/aromatic N) is 1. The normalized spacial score (nSPS) is 12.2. The summed E-state index contributed by atoms with van der Waals surface area (Å²) in [5.74, 6) is 0. The average Bonchev–Trinajstić information content (AvgIpc) is 3.00. The van der Waals surface area contributed by atoms with Crippen LogP contribution in [0.2, 0.25) is 0 Å². The number of hydrogen-bond acceptors (Lipinski definition) is 5.